The van der Waals surface area contributed by atoms with E-state index >= 15 is 0 Å². The van der Waals surface area contributed by atoms with E-state index in [9.17, 15) is 9.18 Å². The Morgan fingerprint density at radius 3 is 2.38 bits per heavy atom. The van der Waals surface area contributed by atoms with Crippen LogP contribution in [0.3, 0.4) is 0 Å². The van der Waals surface area contributed by atoms with Gasteiger partial charge in [-0.3, -0.25) is 9.78 Å². The third-order valence-electron chi connectivity index (χ3n) is 3.48. The summed E-state index contributed by atoms with van der Waals surface area (Å²) in [6, 6.07) is 16.8. The average molecular weight is 321 g/mol. The van der Waals surface area contributed by atoms with Crippen LogP contribution in [-0.4, -0.2) is 10.9 Å². The Balaban J connectivity index is 1.59. The van der Waals surface area contributed by atoms with Gasteiger partial charge in [0, 0.05) is 35.9 Å². The number of carbonyl (C=O) groups is 1. The second kappa shape index (κ2) is 7.37. The maximum atomic E-state index is 13.2. The number of nitrogens with zero attached hydrogens (tertiary/aromatic N) is 1. The number of hydrogen-bond acceptors (Lipinski definition) is 3. The molecule has 0 saturated carbocycles. The van der Waals surface area contributed by atoms with Gasteiger partial charge < -0.3 is 10.6 Å². The second-order valence-corrected chi connectivity index (χ2v) is 5.25. The Morgan fingerprint density at radius 1 is 0.958 bits per heavy atom. The monoisotopic (exact) mass is 321 g/mol. The van der Waals surface area contributed by atoms with Gasteiger partial charge in [-0.05, 0) is 60.2 Å². The molecule has 0 saturated heterocycles. The molecule has 0 bridgehead atoms. The first-order valence-electron chi connectivity index (χ1n) is 7.50. The van der Waals surface area contributed by atoms with Crippen LogP contribution in [0, 0.1) is 5.82 Å². The van der Waals surface area contributed by atoms with Crippen LogP contribution in [0.4, 0.5) is 15.8 Å². The number of carbonyl (C=O) groups excluding carboxylic acids is 1. The molecule has 0 atom stereocenters. The standard InChI is InChI=1S/C19H16FN3O/c20-16-3-1-2-15(12-16)19(24)23-18-6-4-17(5-7-18)22-13-14-8-10-21-11-9-14/h1-12,22H,13H2,(H,23,24). The van der Waals surface area contributed by atoms with Crippen molar-refractivity contribution in [2.24, 2.45) is 0 Å². The Bertz CT molecular complexity index is 820. The minimum absolute atomic E-state index is 0.287. The van der Waals surface area contributed by atoms with Crippen molar-refractivity contribution in [1.29, 1.82) is 0 Å². The summed E-state index contributed by atoms with van der Waals surface area (Å²) in [6.45, 7) is 0.692. The summed E-state index contributed by atoms with van der Waals surface area (Å²) in [5, 5.41) is 6.04. The van der Waals surface area contributed by atoms with Crippen molar-refractivity contribution in [3.8, 4) is 0 Å². The fraction of sp³-hybridized carbons (Fsp3) is 0.0526. The van der Waals surface area contributed by atoms with E-state index in [2.05, 4.69) is 15.6 Å². The summed E-state index contributed by atoms with van der Waals surface area (Å²) in [5.74, 6) is -0.773. The highest BCUT2D eigenvalue weighted by molar-refractivity contribution is 6.04. The van der Waals surface area contributed by atoms with Crippen molar-refractivity contribution >= 4 is 17.3 Å². The number of hydrogen-bond donors (Lipinski definition) is 2. The van der Waals surface area contributed by atoms with E-state index in [0.717, 1.165) is 11.3 Å². The summed E-state index contributed by atoms with van der Waals surface area (Å²) < 4.78 is 13.2. The van der Waals surface area contributed by atoms with Crippen molar-refractivity contribution in [2.45, 2.75) is 6.54 Å². The smallest absolute Gasteiger partial charge is 0.255 e. The normalized spacial score (nSPS) is 10.2. The van der Waals surface area contributed by atoms with Crippen LogP contribution >= 0.6 is 0 Å². The first-order valence-corrected chi connectivity index (χ1v) is 7.50. The Morgan fingerprint density at radius 2 is 1.67 bits per heavy atom. The minimum Gasteiger partial charge on any atom is -0.381 e. The fourth-order valence-corrected chi connectivity index (χ4v) is 2.21. The molecule has 2 N–H and O–H groups in total. The molecule has 0 aliphatic rings. The highest BCUT2D eigenvalue weighted by Crippen LogP contribution is 2.16. The molecule has 2 aromatic carbocycles. The SMILES string of the molecule is O=C(Nc1ccc(NCc2ccncc2)cc1)c1cccc(F)c1. The minimum atomic E-state index is -0.432. The van der Waals surface area contributed by atoms with E-state index in [1.54, 1.807) is 30.6 Å². The van der Waals surface area contributed by atoms with Gasteiger partial charge in [0.05, 0.1) is 0 Å². The molecule has 0 unspecified atom stereocenters. The molecule has 1 heterocycles. The molecule has 1 amide bonds. The van der Waals surface area contributed by atoms with Crippen molar-refractivity contribution in [1.82, 2.24) is 4.98 Å². The first kappa shape index (κ1) is 15.7. The van der Waals surface area contributed by atoms with Gasteiger partial charge in [-0.25, -0.2) is 4.39 Å². The Hall–Kier alpha value is -3.21. The molecule has 24 heavy (non-hydrogen) atoms. The van der Waals surface area contributed by atoms with Gasteiger partial charge in [-0.15, -0.1) is 0 Å². The lowest BCUT2D eigenvalue weighted by molar-refractivity contribution is 0.102. The zero-order chi connectivity index (χ0) is 16.8. The highest BCUT2D eigenvalue weighted by atomic mass is 19.1. The van der Waals surface area contributed by atoms with E-state index in [0.29, 0.717) is 12.2 Å². The quantitative estimate of drug-likeness (QED) is 0.744. The number of halogens is 1. The fourth-order valence-electron chi connectivity index (χ4n) is 2.21. The number of amides is 1. The van der Waals surface area contributed by atoms with Gasteiger partial charge in [0.1, 0.15) is 5.82 Å². The molecule has 0 aliphatic carbocycles. The van der Waals surface area contributed by atoms with E-state index in [1.165, 1.54) is 18.2 Å². The molecule has 0 spiro atoms. The molecule has 3 aromatic rings. The molecule has 0 radical (unpaired) electrons. The molecule has 0 fully saturated rings. The highest BCUT2D eigenvalue weighted by Gasteiger charge is 2.06. The summed E-state index contributed by atoms with van der Waals surface area (Å²) in [6.07, 6.45) is 3.50. The third-order valence-corrected chi connectivity index (χ3v) is 3.48. The second-order valence-electron chi connectivity index (χ2n) is 5.25. The molecule has 120 valence electrons. The number of anilines is 2. The summed E-state index contributed by atoms with van der Waals surface area (Å²) >= 11 is 0. The first-order chi connectivity index (χ1) is 11.7. The number of aromatic nitrogens is 1. The van der Waals surface area contributed by atoms with Gasteiger partial charge >= 0.3 is 0 Å². The maximum Gasteiger partial charge on any atom is 0.255 e. The molecule has 4 nitrogen and oxygen atoms in total. The predicted molar refractivity (Wildman–Crippen MR) is 92.4 cm³/mol. The van der Waals surface area contributed by atoms with Crippen molar-refractivity contribution < 1.29 is 9.18 Å². The summed E-state index contributed by atoms with van der Waals surface area (Å²) in [4.78, 5) is 16.0. The number of pyridine rings is 1. The molecule has 5 heteroatoms. The zero-order valence-corrected chi connectivity index (χ0v) is 12.9. The van der Waals surface area contributed by atoms with Gasteiger partial charge in [0.25, 0.3) is 5.91 Å². The van der Waals surface area contributed by atoms with Crippen molar-refractivity contribution in [3.05, 3.63) is 90.0 Å². The molecular formula is C19H16FN3O. The number of rotatable bonds is 5. The molecule has 0 aliphatic heterocycles. The lowest BCUT2D eigenvalue weighted by atomic mass is 10.2. The lowest BCUT2D eigenvalue weighted by Crippen LogP contribution is -2.12. The van der Waals surface area contributed by atoms with Crippen LogP contribution in [-0.2, 0) is 6.54 Å². The average Bonchev–Trinajstić information content (AvgIpc) is 2.62. The van der Waals surface area contributed by atoms with E-state index in [-0.39, 0.29) is 11.5 Å². The van der Waals surface area contributed by atoms with Crippen LogP contribution < -0.4 is 10.6 Å². The van der Waals surface area contributed by atoms with Gasteiger partial charge in [0.2, 0.25) is 0 Å². The maximum absolute atomic E-state index is 13.2. The predicted octanol–water partition coefficient (Wildman–Crippen LogP) is 4.09. The van der Waals surface area contributed by atoms with Gasteiger partial charge in [0.15, 0.2) is 0 Å². The van der Waals surface area contributed by atoms with E-state index in [4.69, 9.17) is 0 Å². The van der Waals surface area contributed by atoms with Crippen LogP contribution in [0.1, 0.15) is 15.9 Å². The largest absolute Gasteiger partial charge is 0.381 e. The Labute approximate surface area is 139 Å². The van der Waals surface area contributed by atoms with E-state index in [1.807, 2.05) is 24.3 Å². The van der Waals surface area contributed by atoms with Crippen LogP contribution in [0.15, 0.2) is 73.1 Å². The summed E-state index contributed by atoms with van der Waals surface area (Å²) in [5.41, 5.74) is 3.01. The summed E-state index contributed by atoms with van der Waals surface area (Å²) in [7, 11) is 0. The van der Waals surface area contributed by atoms with Crippen LogP contribution in [0.25, 0.3) is 0 Å². The Kier molecular flexibility index (Phi) is 4.81. The zero-order valence-electron chi connectivity index (χ0n) is 12.9. The van der Waals surface area contributed by atoms with Crippen molar-refractivity contribution in [3.63, 3.8) is 0 Å². The lowest BCUT2D eigenvalue weighted by Gasteiger charge is -2.09. The van der Waals surface area contributed by atoms with Crippen LogP contribution in [0.5, 0.6) is 0 Å². The number of nitrogens with one attached hydrogen (secondary N) is 2. The van der Waals surface area contributed by atoms with Gasteiger partial charge in [-0.2, -0.15) is 0 Å². The number of benzene rings is 2. The van der Waals surface area contributed by atoms with Crippen molar-refractivity contribution in [2.75, 3.05) is 10.6 Å². The molecular weight excluding hydrogens is 305 g/mol. The molecule has 1 aromatic heterocycles. The van der Waals surface area contributed by atoms with Gasteiger partial charge in [-0.1, -0.05) is 6.07 Å². The topological polar surface area (TPSA) is 54.0 Å². The van der Waals surface area contributed by atoms with E-state index < -0.39 is 5.82 Å². The molecule has 3 rings (SSSR count). The third kappa shape index (κ3) is 4.16. The van der Waals surface area contributed by atoms with Crippen LogP contribution in [0.2, 0.25) is 0 Å².